The molecular weight excluding hydrogens is 364 g/mol. The summed E-state index contributed by atoms with van der Waals surface area (Å²) >= 11 is 0. The number of nitrogens with zero attached hydrogens (tertiary/aromatic N) is 1. The number of para-hydroxylation sites is 1. The van der Waals surface area contributed by atoms with E-state index in [1.165, 1.54) is 5.56 Å². The van der Waals surface area contributed by atoms with Gasteiger partial charge in [-0.25, -0.2) is 4.98 Å². The molecule has 0 spiro atoms. The smallest absolute Gasteiger partial charge is 0.262 e. The largest absolute Gasteiger partial charge is 0.484 e. The van der Waals surface area contributed by atoms with Gasteiger partial charge in [-0.1, -0.05) is 36.4 Å². The van der Waals surface area contributed by atoms with Crippen LogP contribution in [0.5, 0.6) is 5.75 Å². The maximum absolute atomic E-state index is 12.1. The van der Waals surface area contributed by atoms with E-state index in [1.54, 1.807) is 0 Å². The quantitative estimate of drug-likeness (QED) is 0.503. The average molecular weight is 386 g/mol. The van der Waals surface area contributed by atoms with Crippen molar-refractivity contribution in [2.45, 2.75) is 20.3 Å². The third-order valence-electron chi connectivity index (χ3n) is 4.57. The van der Waals surface area contributed by atoms with Gasteiger partial charge in [0.2, 0.25) is 0 Å². The molecule has 3 aromatic carbocycles. The lowest BCUT2D eigenvalue weighted by molar-refractivity contribution is -0.118. The number of hydrogen-bond acceptors (Lipinski definition) is 4. The van der Waals surface area contributed by atoms with Crippen LogP contribution in [0.25, 0.3) is 11.1 Å². The molecule has 0 saturated carbocycles. The molecule has 5 heteroatoms. The number of ether oxygens (including phenoxy) is 1. The molecule has 4 rings (SSSR count). The Balaban J connectivity index is 1.36. The fourth-order valence-electron chi connectivity index (χ4n) is 3.24. The highest BCUT2D eigenvalue weighted by molar-refractivity contribution is 5.91. The molecule has 0 aliphatic rings. The lowest BCUT2D eigenvalue weighted by atomic mass is 10.1. The summed E-state index contributed by atoms with van der Waals surface area (Å²) in [5.74, 6) is 1.15. The molecule has 0 atom stereocenters. The third-order valence-corrected chi connectivity index (χ3v) is 4.57. The number of carbonyl (C=O) groups is 1. The first kappa shape index (κ1) is 18.7. The van der Waals surface area contributed by atoms with E-state index in [9.17, 15) is 4.79 Å². The number of aromatic nitrogens is 1. The summed E-state index contributed by atoms with van der Waals surface area (Å²) < 4.78 is 11.4. The second-order valence-electron chi connectivity index (χ2n) is 7.06. The molecule has 1 amide bonds. The zero-order chi connectivity index (χ0) is 20.2. The highest BCUT2D eigenvalue weighted by Gasteiger charge is 2.10. The lowest BCUT2D eigenvalue weighted by Crippen LogP contribution is -2.20. The van der Waals surface area contributed by atoms with E-state index in [0.29, 0.717) is 18.1 Å². The predicted molar refractivity (Wildman–Crippen MR) is 113 cm³/mol. The zero-order valence-corrected chi connectivity index (χ0v) is 16.4. The molecule has 0 fully saturated rings. The third kappa shape index (κ3) is 4.63. The number of aryl methyl sites for hydroxylation is 2. The van der Waals surface area contributed by atoms with Crippen LogP contribution in [0.1, 0.15) is 22.6 Å². The van der Waals surface area contributed by atoms with Crippen molar-refractivity contribution in [3.8, 4) is 5.75 Å². The topological polar surface area (TPSA) is 64.4 Å². The first-order chi connectivity index (χ1) is 14.1. The maximum atomic E-state index is 12.1. The fraction of sp³-hybridized carbons (Fsp3) is 0.167. The molecular formula is C24H22N2O3. The van der Waals surface area contributed by atoms with Gasteiger partial charge in [0.25, 0.3) is 5.91 Å². The van der Waals surface area contributed by atoms with Crippen molar-refractivity contribution in [3.05, 3.63) is 89.3 Å². The summed E-state index contributed by atoms with van der Waals surface area (Å²) in [7, 11) is 0. The van der Waals surface area contributed by atoms with Gasteiger partial charge in [-0.05, 0) is 60.9 Å². The van der Waals surface area contributed by atoms with Gasteiger partial charge in [0.15, 0.2) is 18.1 Å². The summed E-state index contributed by atoms with van der Waals surface area (Å²) in [6.07, 6.45) is 0.596. The molecule has 1 heterocycles. The fourth-order valence-corrected chi connectivity index (χ4v) is 3.24. The number of amides is 1. The minimum atomic E-state index is -0.202. The van der Waals surface area contributed by atoms with Gasteiger partial charge >= 0.3 is 0 Å². The Hall–Kier alpha value is -3.60. The Kier molecular flexibility index (Phi) is 5.29. The van der Waals surface area contributed by atoms with Crippen LogP contribution < -0.4 is 10.1 Å². The van der Waals surface area contributed by atoms with E-state index in [2.05, 4.69) is 23.3 Å². The molecule has 146 valence electrons. The Morgan fingerprint density at radius 3 is 2.55 bits per heavy atom. The first-order valence-electron chi connectivity index (χ1n) is 9.50. The molecule has 0 aliphatic carbocycles. The molecule has 0 radical (unpaired) electrons. The van der Waals surface area contributed by atoms with Crippen LogP contribution in [0, 0.1) is 13.8 Å². The van der Waals surface area contributed by atoms with Gasteiger partial charge < -0.3 is 14.5 Å². The normalized spacial score (nSPS) is 10.8. The number of carbonyl (C=O) groups excluding carboxylic acids is 1. The molecule has 5 nitrogen and oxygen atoms in total. The monoisotopic (exact) mass is 386 g/mol. The molecule has 0 aliphatic heterocycles. The van der Waals surface area contributed by atoms with Crippen LogP contribution in [0.2, 0.25) is 0 Å². The van der Waals surface area contributed by atoms with Gasteiger partial charge in [0.05, 0.1) is 0 Å². The van der Waals surface area contributed by atoms with Gasteiger partial charge in [-0.15, -0.1) is 0 Å². The molecule has 29 heavy (non-hydrogen) atoms. The standard InChI is InChI=1S/C24H22N2O3/c1-16-12-17(2)24-21(13-16)26-23(29-24)14-18-8-10-19(11-9-18)25-22(27)15-28-20-6-4-3-5-7-20/h3-13H,14-15H2,1-2H3,(H,25,27). The molecule has 0 unspecified atom stereocenters. The number of rotatable bonds is 6. The number of fused-ring (bicyclic) bond motifs is 1. The first-order valence-corrected chi connectivity index (χ1v) is 9.50. The average Bonchev–Trinajstić information content (AvgIpc) is 3.11. The maximum Gasteiger partial charge on any atom is 0.262 e. The minimum absolute atomic E-state index is 0.0343. The molecule has 4 aromatic rings. The zero-order valence-electron chi connectivity index (χ0n) is 16.4. The van der Waals surface area contributed by atoms with Crippen LogP contribution >= 0.6 is 0 Å². The summed E-state index contributed by atoms with van der Waals surface area (Å²) in [6, 6.07) is 21.0. The molecule has 1 aromatic heterocycles. The number of hydrogen-bond donors (Lipinski definition) is 1. The van der Waals surface area contributed by atoms with Gasteiger partial charge in [0, 0.05) is 12.1 Å². The lowest BCUT2D eigenvalue weighted by Gasteiger charge is -2.08. The Bertz CT molecular complexity index is 1130. The second kappa shape index (κ2) is 8.19. The highest BCUT2D eigenvalue weighted by Crippen LogP contribution is 2.23. The van der Waals surface area contributed by atoms with E-state index in [4.69, 9.17) is 9.15 Å². The summed E-state index contributed by atoms with van der Waals surface area (Å²) in [6.45, 7) is 4.05. The Labute approximate surface area is 169 Å². The van der Waals surface area contributed by atoms with Crippen molar-refractivity contribution >= 4 is 22.7 Å². The Morgan fingerprint density at radius 2 is 1.79 bits per heavy atom. The van der Waals surface area contributed by atoms with Gasteiger partial charge in [-0.2, -0.15) is 0 Å². The van der Waals surface area contributed by atoms with E-state index >= 15 is 0 Å². The summed E-state index contributed by atoms with van der Waals surface area (Å²) in [4.78, 5) is 16.7. The molecule has 1 N–H and O–H groups in total. The van der Waals surface area contributed by atoms with Crippen molar-refractivity contribution < 1.29 is 13.9 Å². The minimum Gasteiger partial charge on any atom is -0.484 e. The van der Waals surface area contributed by atoms with E-state index < -0.39 is 0 Å². The number of anilines is 1. The highest BCUT2D eigenvalue weighted by atomic mass is 16.5. The summed E-state index contributed by atoms with van der Waals surface area (Å²) in [5.41, 5.74) is 5.78. The number of benzene rings is 3. The van der Waals surface area contributed by atoms with Gasteiger partial charge in [-0.3, -0.25) is 4.79 Å². The van der Waals surface area contributed by atoms with Crippen LogP contribution in [0.3, 0.4) is 0 Å². The number of nitrogens with one attached hydrogen (secondary N) is 1. The second-order valence-corrected chi connectivity index (χ2v) is 7.06. The predicted octanol–water partition coefficient (Wildman–Crippen LogP) is 5.05. The Morgan fingerprint density at radius 1 is 1.03 bits per heavy atom. The van der Waals surface area contributed by atoms with Crippen molar-refractivity contribution in [2.24, 2.45) is 0 Å². The van der Waals surface area contributed by atoms with Crippen LogP contribution in [0.4, 0.5) is 5.69 Å². The molecule has 0 bridgehead atoms. The van der Waals surface area contributed by atoms with E-state index in [-0.39, 0.29) is 12.5 Å². The van der Waals surface area contributed by atoms with E-state index in [0.717, 1.165) is 27.9 Å². The van der Waals surface area contributed by atoms with Crippen LogP contribution in [-0.2, 0) is 11.2 Å². The van der Waals surface area contributed by atoms with Crippen molar-refractivity contribution in [1.29, 1.82) is 0 Å². The summed E-state index contributed by atoms with van der Waals surface area (Å²) in [5, 5.41) is 2.84. The van der Waals surface area contributed by atoms with Crippen molar-refractivity contribution in [3.63, 3.8) is 0 Å². The van der Waals surface area contributed by atoms with Crippen LogP contribution in [0.15, 0.2) is 71.1 Å². The van der Waals surface area contributed by atoms with Crippen molar-refractivity contribution in [1.82, 2.24) is 4.98 Å². The SMILES string of the molecule is Cc1cc(C)c2oc(Cc3ccc(NC(=O)COc4ccccc4)cc3)nc2c1. The van der Waals surface area contributed by atoms with Crippen LogP contribution in [-0.4, -0.2) is 17.5 Å². The van der Waals surface area contributed by atoms with Gasteiger partial charge in [0.1, 0.15) is 11.3 Å². The van der Waals surface area contributed by atoms with Crippen molar-refractivity contribution in [2.75, 3.05) is 11.9 Å². The van der Waals surface area contributed by atoms with E-state index in [1.807, 2.05) is 67.6 Å². The molecule has 0 saturated heterocycles. The number of oxazole rings is 1.